The lowest BCUT2D eigenvalue weighted by Crippen LogP contribution is -2.57. The Morgan fingerprint density at radius 2 is 1.62 bits per heavy atom. The molecule has 0 N–H and O–H groups in total. The van der Waals surface area contributed by atoms with E-state index < -0.39 is 37.8 Å². The molecule has 1 rings (SSSR count). The van der Waals surface area contributed by atoms with Gasteiger partial charge in [0.05, 0.1) is 12.4 Å². The highest BCUT2D eigenvalue weighted by atomic mass is 32.2. The van der Waals surface area contributed by atoms with Crippen LogP contribution in [-0.4, -0.2) is 55.4 Å². The van der Waals surface area contributed by atoms with Gasteiger partial charge in [0.15, 0.2) is 9.84 Å². The number of amides is 1. The third kappa shape index (κ3) is 3.07. The summed E-state index contributed by atoms with van der Waals surface area (Å²) in [6.45, 7) is 4.48. The van der Waals surface area contributed by atoms with E-state index in [1.165, 1.54) is 26.0 Å². The van der Waals surface area contributed by atoms with Crippen molar-refractivity contribution >= 4 is 21.7 Å². The van der Waals surface area contributed by atoms with E-state index >= 15 is 0 Å². The lowest BCUT2D eigenvalue weighted by Gasteiger charge is -2.37. The average molecular weight is 319 g/mol. The molecular weight excluding hydrogens is 294 g/mol. The first-order valence-corrected chi connectivity index (χ1v) is 8.81. The van der Waals surface area contributed by atoms with Crippen molar-refractivity contribution in [2.75, 3.05) is 14.2 Å². The molecule has 1 aliphatic rings. The molecule has 1 saturated carbocycles. The third-order valence-corrected chi connectivity index (χ3v) is 6.97. The molecule has 0 spiro atoms. The maximum atomic E-state index is 12.5. The van der Waals surface area contributed by atoms with Crippen molar-refractivity contribution in [3.05, 3.63) is 0 Å². The van der Waals surface area contributed by atoms with Crippen molar-refractivity contribution in [1.82, 2.24) is 4.90 Å². The first-order valence-electron chi connectivity index (χ1n) is 7.20. The Morgan fingerprint density at radius 3 is 2.00 bits per heavy atom. The van der Waals surface area contributed by atoms with Crippen molar-refractivity contribution in [2.45, 2.75) is 62.5 Å². The van der Waals surface area contributed by atoms with Crippen molar-refractivity contribution in [3.63, 3.8) is 0 Å². The van der Waals surface area contributed by atoms with Crippen LogP contribution in [0.2, 0.25) is 0 Å². The maximum absolute atomic E-state index is 12.5. The number of hydrogen-bond donors (Lipinski definition) is 0. The summed E-state index contributed by atoms with van der Waals surface area (Å²) in [7, 11) is -0.770. The number of sulfone groups is 1. The molecule has 0 aliphatic heterocycles. The van der Waals surface area contributed by atoms with Gasteiger partial charge >= 0.3 is 5.97 Å². The lowest BCUT2D eigenvalue weighted by atomic mass is 9.95. The predicted molar refractivity (Wildman–Crippen MR) is 79.5 cm³/mol. The Morgan fingerprint density at radius 1 is 1.14 bits per heavy atom. The van der Waals surface area contributed by atoms with Gasteiger partial charge in [0.1, 0.15) is 10.8 Å². The fourth-order valence-electron chi connectivity index (χ4n) is 2.86. The van der Waals surface area contributed by atoms with Crippen LogP contribution in [0.25, 0.3) is 0 Å². The quantitative estimate of drug-likeness (QED) is 0.710. The molecule has 0 bridgehead atoms. The number of hydrogen-bond acceptors (Lipinski definition) is 5. The van der Waals surface area contributed by atoms with E-state index in [2.05, 4.69) is 0 Å². The molecular formula is C14H25NO5S. The standard InChI is InChI=1S/C14H25NO5S/c1-10(2)21(18,19)11(3)12(16)15(4)14(13(17)20-5)8-6-7-9-14/h10-11H,6-9H2,1-5H3/t11-/m0/s1. The van der Waals surface area contributed by atoms with Crippen molar-refractivity contribution in [1.29, 1.82) is 0 Å². The number of esters is 1. The van der Waals surface area contributed by atoms with Crippen LogP contribution in [-0.2, 0) is 24.2 Å². The molecule has 0 radical (unpaired) electrons. The van der Waals surface area contributed by atoms with Gasteiger partial charge < -0.3 is 9.64 Å². The van der Waals surface area contributed by atoms with Crippen LogP contribution in [0.3, 0.4) is 0 Å². The highest BCUT2D eigenvalue weighted by molar-refractivity contribution is 7.93. The summed E-state index contributed by atoms with van der Waals surface area (Å²) in [6.07, 6.45) is 2.66. The second kappa shape index (κ2) is 6.34. The summed E-state index contributed by atoms with van der Waals surface area (Å²) in [4.78, 5) is 26.0. The zero-order valence-corrected chi connectivity index (χ0v) is 14.2. The van der Waals surface area contributed by atoms with E-state index in [0.717, 1.165) is 12.8 Å². The Balaban J connectivity index is 3.08. The van der Waals surface area contributed by atoms with Crippen molar-refractivity contribution < 1.29 is 22.7 Å². The minimum absolute atomic E-state index is 0.468. The smallest absolute Gasteiger partial charge is 0.331 e. The lowest BCUT2D eigenvalue weighted by molar-refractivity contribution is -0.160. The minimum atomic E-state index is -3.55. The van der Waals surface area contributed by atoms with Crippen LogP contribution in [0, 0.1) is 0 Å². The zero-order chi connectivity index (χ0) is 16.4. The molecule has 1 amide bonds. The molecule has 6 nitrogen and oxygen atoms in total. The van der Waals surface area contributed by atoms with E-state index in [9.17, 15) is 18.0 Å². The Bertz CT molecular complexity index is 505. The van der Waals surface area contributed by atoms with E-state index in [1.54, 1.807) is 13.8 Å². The predicted octanol–water partition coefficient (Wildman–Crippen LogP) is 1.14. The van der Waals surface area contributed by atoms with E-state index in [0.29, 0.717) is 12.8 Å². The van der Waals surface area contributed by atoms with Gasteiger partial charge in [-0.2, -0.15) is 0 Å². The molecule has 0 aromatic rings. The first kappa shape index (κ1) is 17.9. The number of carbonyl (C=O) groups excluding carboxylic acids is 2. The second-order valence-corrected chi connectivity index (χ2v) is 8.74. The van der Waals surface area contributed by atoms with Crippen LogP contribution < -0.4 is 0 Å². The molecule has 0 aromatic heterocycles. The van der Waals surface area contributed by atoms with Gasteiger partial charge in [-0.3, -0.25) is 4.79 Å². The fourth-order valence-corrected chi connectivity index (χ4v) is 4.11. The second-order valence-electron chi connectivity index (χ2n) is 5.91. The number of ether oxygens (including phenoxy) is 1. The van der Waals surface area contributed by atoms with Crippen molar-refractivity contribution in [2.24, 2.45) is 0 Å². The van der Waals surface area contributed by atoms with E-state index in [-0.39, 0.29) is 0 Å². The Kier molecular flexibility index (Phi) is 5.41. The summed E-state index contributed by atoms with van der Waals surface area (Å²) >= 11 is 0. The third-order valence-electron chi connectivity index (χ3n) is 4.47. The number of methoxy groups -OCH3 is 1. The Hall–Kier alpha value is -1.11. The van der Waals surface area contributed by atoms with E-state index in [1.807, 2.05) is 0 Å². The molecule has 122 valence electrons. The van der Waals surface area contributed by atoms with Gasteiger partial charge in [-0.1, -0.05) is 12.8 Å². The summed E-state index contributed by atoms with van der Waals surface area (Å²) < 4.78 is 29.2. The van der Waals surface area contributed by atoms with Gasteiger partial charge in [0.25, 0.3) is 0 Å². The number of nitrogens with zero attached hydrogens (tertiary/aromatic N) is 1. The zero-order valence-electron chi connectivity index (χ0n) is 13.4. The van der Waals surface area contributed by atoms with Gasteiger partial charge in [-0.25, -0.2) is 13.2 Å². The first-order chi connectivity index (χ1) is 9.61. The van der Waals surface area contributed by atoms with E-state index in [4.69, 9.17) is 4.74 Å². The number of carbonyl (C=O) groups is 2. The number of likely N-dealkylation sites (N-methyl/N-ethyl adjacent to an activating group) is 1. The summed E-state index contributed by atoms with van der Waals surface area (Å²) in [6, 6.07) is 0. The molecule has 0 unspecified atom stereocenters. The van der Waals surface area contributed by atoms with Crippen LogP contribution in [0.5, 0.6) is 0 Å². The SMILES string of the molecule is COC(=O)C1(N(C)C(=O)[C@H](C)S(=O)(=O)C(C)C)CCCC1. The normalized spacial score (nSPS) is 19.3. The van der Waals surface area contributed by atoms with Crippen molar-refractivity contribution in [3.8, 4) is 0 Å². The molecule has 0 heterocycles. The molecule has 1 atom stereocenters. The highest BCUT2D eigenvalue weighted by Gasteiger charge is 2.49. The van der Waals surface area contributed by atoms with Gasteiger partial charge in [0.2, 0.25) is 5.91 Å². The largest absolute Gasteiger partial charge is 0.467 e. The summed E-state index contributed by atoms with van der Waals surface area (Å²) in [5.74, 6) is -1.01. The molecule has 0 aromatic carbocycles. The summed E-state index contributed by atoms with van der Waals surface area (Å²) in [5, 5.41) is -1.80. The van der Waals surface area contributed by atoms with Crippen LogP contribution in [0.4, 0.5) is 0 Å². The maximum Gasteiger partial charge on any atom is 0.331 e. The number of rotatable bonds is 5. The summed E-state index contributed by atoms with van der Waals surface area (Å²) in [5.41, 5.74) is -1.02. The van der Waals surface area contributed by atoms with Crippen LogP contribution in [0.15, 0.2) is 0 Å². The molecule has 1 aliphatic carbocycles. The van der Waals surface area contributed by atoms with Crippen LogP contribution in [0.1, 0.15) is 46.5 Å². The highest BCUT2D eigenvalue weighted by Crippen LogP contribution is 2.36. The topological polar surface area (TPSA) is 80.8 Å². The fraction of sp³-hybridized carbons (Fsp3) is 0.857. The minimum Gasteiger partial charge on any atom is -0.467 e. The average Bonchev–Trinajstić information content (AvgIpc) is 2.94. The molecule has 1 fully saturated rings. The molecule has 21 heavy (non-hydrogen) atoms. The molecule has 0 saturated heterocycles. The van der Waals surface area contributed by atoms with Crippen LogP contribution >= 0.6 is 0 Å². The Labute approximate surface area is 126 Å². The van der Waals surface area contributed by atoms with Gasteiger partial charge in [-0.15, -0.1) is 0 Å². The van der Waals surface area contributed by atoms with Gasteiger partial charge in [-0.05, 0) is 33.6 Å². The molecule has 7 heteroatoms. The monoisotopic (exact) mass is 319 g/mol. The van der Waals surface area contributed by atoms with Gasteiger partial charge in [0, 0.05) is 7.05 Å².